The van der Waals surface area contributed by atoms with Gasteiger partial charge in [-0.05, 0) is 56.5 Å². The first-order valence-electron chi connectivity index (χ1n) is 9.64. The fraction of sp³-hybridized carbons (Fsp3) is 0.450. The zero-order valence-electron chi connectivity index (χ0n) is 15.2. The van der Waals surface area contributed by atoms with Gasteiger partial charge in [0.05, 0.1) is 29.2 Å². The molecule has 1 aliphatic carbocycles. The molecule has 1 atom stereocenters. The third kappa shape index (κ3) is 2.99. The first-order valence-corrected chi connectivity index (χ1v) is 11.2. The Balaban J connectivity index is 1.59. The predicted molar refractivity (Wildman–Crippen MR) is 103 cm³/mol. The Kier molecular flexibility index (Phi) is 4.09. The molecule has 0 N–H and O–H groups in total. The molecule has 1 unspecified atom stereocenters. The highest BCUT2D eigenvalue weighted by Gasteiger charge is 2.40. The molecule has 2 aromatic rings. The van der Waals surface area contributed by atoms with Gasteiger partial charge in [-0.3, -0.25) is 4.90 Å². The van der Waals surface area contributed by atoms with Gasteiger partial charge in [0.15, 0.2) is 5.76 Å². The van der Waals surface area contributed by atoms with Crippen molar-refractivity contribution in [3.8, 4) is 5.69 Å². The normalized spacial score (nSPS) is 24.8. The Morgan fingerprint density at radius 1 is 1.04 bits per heavy atom. The van der Waals surface area contributed by atoms with E-state index in [0.717, 1.165) is 61.3 Å². The van der Waals surface area contributed by atoms with E-state index in [4.69, 9.17) is 4.18 Å². The molecule has 7 heteroatoms. The molecule has 2 aliphatic heterocycles. The molecular formula is C20H23N3O3S. The molecule has 0 amide bonds. The van der Waals surface area contributed by atoms with Crippen molar-refractivity contribution >= 4 is 15.9 Å². The maximum atomic E-state index is 12.5. The lowest BCUT2D eigenvalue weighted by Crippen LogP contribution is -2.47. The van der Waals surface area contributed by atoms with E-state index in [9.17, 15) is 8.42 Å². The van der Waals surface area contributed by atoms with E-state index in [2.05, 4.69) is 10.00 Å². The SMILES string of the molecule is O=S1(=O)CC(N2CCCCC2)C2=C(O1)c1cnn(-c3ccccc3)c1CC2. The number of nitrogens with zero attached hydrogens (tertiary/aromatic N) is 3. The second kappa shape index (κ2) is 6.49. The number of aromatic nitrogens is 2. The number of hydrogen-bond donors (Lipinski definition) is 0. The van der Waals surface area contributed by atoms with Crippen LogP contribution in [-0.2, 0) is 20.7 Å². The number of para-hydroxylation sites is 1. The summed E-state index contributed by atoms with van der Waals surface area (Å²) in [5.74, 6) is 0.591. The van der Waals surface area contributed by atoms with E-state index in [1.807, 2.05) is 35.0 Å². The Morgan fingerprint density at radius 2 is 1.81 bits per heavy atom. The summed E-state index contributed by atoms with van der Waals surface area (Å²) >= 11 is 0. The molecule has 0 saturated carbocycles. The molecule has 0 radical (unpaired) electrons. The van der Waals surface area contributed by atoms with Crippen LogP contribution in [0, 0.1) is 0 Å². The van der Waals surface area contributed by atoms with Gasteiger partial charge < -0.3 is 4.18 Å². The first kappa shape index (κ1) is 17.0. The summed E-state index contributed by atoms with van der Waals surface area (Å²) in [6.45, 7) is 1.93. The Bertz CT molecular complexity index is 989. The smallest absolute Gasteiger partial charge is 0.311 e. The van der Waals surface area contributed by atoms with Crippen LogP contribution in [0.15, 0.2) is 42.1 Å². The summed E-state index contributed by atoms with van der Waals surface area (Å²) in [5.41, 5.74) is 3.96. The van der Waals surface area contributed by atoms with E-state index in [1.54, 1.807) is 6.20 Å². The number of benzene rings is 1. The van der Waals surface area contributed by atoms with Crippen LogP contribution in [0.25, 0.3) is 11.4 Å². The van der Waals surface area contributed by atoms with Gasteiger partial charge in [-0.2, -0.15) is 13.5 Å². The Morgan fingerprint density at radius 3 is 2.59 bits per heavy atom. The first-order chi connectivity index (χ1) is 13.1. The molecule has 6 nitrogen and oxygen atoms in total. The lowest BCUT2D eigenvalue weighted by molar-refractivity contribution is 0.186. The minimum Gasteiger partial charge on any atom is -0.382 e. The van der Waals surface area contributed by atoms with E-state index in [0.29, 0.717) is 5.76 Å². The fourth-order valence-corrected chi connectivity index (χ4v) is 5.88. The van der Waals surface area contributed by atoms with Crippen molar-refractivity contribution in [1.82, 2.24) is 14.7 Å². The summed E-state index contributed by atoms with van der Waals surface area (Å²) in [6.07, 6.45) is 6.92. The van der Waals surface area contributed by atoms with E-state index < -0.39 is 10.1 Å². The molecule has 1 fully saturated rings. The molecule has 1 aromatic carbocycles. The number of hydrogen-bond acceptors (Lipinski definition) is 5. The van der Waals surface area contributed by atoms with E-state index in [-0.39, 0.29) is 11.8 Å². The van der Waals surface area contributed by atoms with Crippen molar-refractivity contribution in [3.05, 3.63) is 53.4 Å². The van der Waals surface area contributed by atoms with Gasteiger partial charge in [-0.1, -0.05) is 24.6 Å². The van der Waals surface area contributed by atoms with Crippen molar-refractivity contribution in [3.63, 3.8) is 0 Å². The number of fused-ring (bicyclic) bond motifs is 2. The van der Waals surface area contributed by atoms with Crippen molar-refractivity contribution in [1.29, 1.82) is 0 Å². The summed E-state index contributed by atoms with van der Waals surface area (Å²) in [5, 5.41) is 4.54. The van der Waals surface area contributed by atoms with Crippen LogP contribution < -0.4 is 0 Å². The maximum Gasteiger partial charge on any atom is 0.311 e. The molecule has 142 valence electrons. The maximum absolute atomic E-state index is 12.5. The van der Waals surface area contributed by atoms with Gasteiger partial charge in [-0.15, -0.1) is 0 Å². The Labute approximate surface area is 159 Å². The third-order valence-electron chi connectivity index (χ3n) is 5.84. The third-order valence-corrected chi connectivity index (χ3v) is 6.99. The predicted octanol–water partition coefficient (Wildman–Crippen LogP) is 2.74. The zero-order chi connectivity index (χ0) is 18.4. The summed E-state index contributed by atoms with van der Waals surface area (Å²) in [6, 6.07) is 9.88. The molecule has 0 spiro atoms. The Hall–Kier alpha value is -2.12. The van der Waals surface area contributed by atoms with Gasteiger partial charge in [-0.25, -0.2) is 4.68 Å². The van der Waals surface area contributed by atoms with Gasteiger partial charge in [0.2, 0.25) is 0 Å². The lowest BCUT2D eigenvalue weighted by atomic mass is 9.90. The van der Waals surface area contributed by atoms with Crippen LogP contribution in [0.4, 0.5) is 0 Å². The highest BCUT2D eigenvalue weighted by Crippen LogP contribution is 2.40. The quantitative estimate of drug-likeness (QED) is 0.744. The summed E-state index contributed by atoms with van der Waals surface area (Å²) < 4.78 is 32.5. The topological polar surface area (TPSA) is 64.4 Å². The lowest BCUT2D eigenvalue weighted by Gasteiger charge is -2.39. The number of rotatable bonds is 2. The van der Waals surface area contributed by atoms with Gasteiger partial charge in [0, 0.05) is 0 Å². The zero-order valence-corrected chi connectivity index (χ0v) is 16.0. The van der Waals surface area contributed by atoms with Crippen molar-refractivity contribution < 1.29 is 12.6 Å². The van der Waals surface area contributed by atoms with Gasteiger partial charge in [0.1, 0.15) is 5.75 Å². The van der Waals surface area contributed by atoms with Gasteiger partial charge >= 0.3 is 10.1 Å². The van der Waals surface area contributed by atoms with Crippen LogP contribution >= 0.6 is 0 Å². The fourth-order valence-electron chi connectivity index (χ4n) is 4.56. The summed E-state index contributed by atoms with van der Waals surface area (Å²) in [7, 11) is -3.59. The molecule has 0 bridgehead atoms. The minimum atomic E-state index is -3.59. The van der Waals surface area contributed by atoms with Crippen molar-refractivity contribution in [2.24, 2.45) is 0 Å². The highest BCUT2D eigenvalue weighted by molar-refractivity contribution is 7.87. The van der Waals surface area contributed by atoms with E-state index in [1.165, 1.54) is 6.42 Å². The van der Waals surface area contributed by atoms with Gasteiger partial charge in [0.25, 0.3) is 0 Å². The number of likely N-dealkylation sites (tertiary alicyclic amines) is 1. The van der Waals surface area contributed by atoms with Crippen molar-refractivity contribution in [2.75, 3.05) is 18.8 Å². The second-order valence-electron chi connectivity index (χ2n) is 7.53. The molecule has 3 heterocycles. The second-order valence-corrected chi connectivity index (χ2v) is 9.14. The highest BCUT2D eigenvalue weighted by atomic mass is 32.2. The molecular weight excluding hydrogens is 362 g/mol. The van der Waals surface area contributed by atoms with Crippen LogP contribution in [0.2, 0.25) is 0 Å². The van der Waals surface area contributed by atoms with Crippen LogP contribution in [-0.4, -0.2) is 48.0 Å². The standard InChI is InChI=1S/C20H23N3O3S/c24-27(25)14-19(22-11-5-2-6-12-22)16-9-10-18-17(20(16)26-27)13-21-23(18)15-7-3-1-4-8-15/h1,3-4,7-8,13,19H,2,5-6,9-12,14H2. The van der Waals surface area contributed by atoms with Crippen LogP contribution in [0.3, 0.4) is 0 Å². The molecule has 3 aliphatic rings. The molecule has 1 saturated heterocycles. The minimum absolute atomic E-state index is 0.0627. The monoisotopic (exact) mass is 385 g/mol. The molecule has 27 heavy (non-hydrogen) atoms. The average molecular weight is 385 g/mol. The van der Waals surface area contributed by atoms with Crippen LogP contribution in [0.5, 0.6) is 0 Å². The average Bonchev–Trinajstić information content (AvgIpc) is 3.13. The largest absolute Gasteiger partial charge is 0.382 e. The van der Waals surface area contributed by atoms with E-state index >= 15 is 0 Å². The number of piperidine rings is 1. The summed E-state index contributed by atoms with van der Waals surface area (Å²) in [4.78, 5) is 2.34. The van der Waals surface area contributed by atoms with Crippen LogP contribution in [0.1, 0.15) is 36.9 Å². The molecule has 5 rings (SSSR count). The van der Waals surface area contributed by atoms with Crippen molar-refractivity contribution in [2.45, 2.75) is 38.1 Å². The molecule has 1 aromatic heterocycles.